The first-order valence-electron chi connectivity index (χ1n) is 15.8. The Morgan fingerprint density at radius 1 is 1.02 bits per heavy atom. The van der Waals surface area contributed by atoms with E-state index >= 15 is 0 Å². The Morgan fingerprint density at radius 3 is 2.35 bits per heavy atom. The van der Waals surface area contributed by atoms with Gasteiger partial charge in [0.1, 0.15) is 11.9 Å². The Balaban J connectivity index is 1.47. The van der Waals surface area contributed by atoms with Crippen LogP contribution in [0.25, 0.3) is 0 Å². The molecule has 0 spiro atoms. The number of sulfonamides is 1. The van der Waals surface area contributed by atoms with Crippen LogP contribution in [0.15, 0.2) is 102 Å². The molecule has 0 bridgehead atoms. The standard InChI is InChI=1S/C34H41N2O11PS/c1-43-27-13-15-28(16-14-27)49(41,42)36(18-8-20-48(38,39)40)22-31(45-23-26-11-6-3-7-12-26)30(21-25-9-4-2-5-10-25)35-34(37)47-32-24-46-33-29(32)17-19-44-33/h2-16,20,29-33H,17-19,21-24H2,1H3,(H,35,37)(H2,38,39,40). The first-order valence-corrected chi connectivity index (χ1v) is 18.9. The first-order chi connectivity index (χ1) is 23.5. The zero-order chi connectivity index (χ0) is 34.9. The highest BCUT2D eigenvalue weighted by molar-refractivity contribution is 7.89. The highest BCUT2D eigenvalue weighted by Gasteiger charge is 2.44. The fourth-order valence-corrected chi connectivity index (χ4v) is 7.53. The van der Waals surface area contributed by atoms with Crippen LogP contribution in [0.1, 0.15) is 17.5 Å². The summed E-state index contributed by atoms with van der Waals surface area (Å²) in [7, 11) is -7.40. The van der Waals surface area contributed by atoms with E-state index in [-0.39, 0.29) is 37.0 Å². The summed E-state index contributed by atoms with van der Waals surface area (Å²) in [6.45, 7) is 0.0999. The summed E-state index contributed by atoms with van der Waals surface area (Å²) in [5.41, 5.74) is 1.66. The number of carbonyl (C=O) groups excluding carboxylic acids is 1. The number of nitrogens with one attached hydrogen (secondary N) is 1. The van der Waals surface area contributed by atoms with Gasteiger partial charge in [0.2, 0.25) is 10.0 Å². The van der Waals surface area contributed by atoms with Crippen molar-refractivity contribution in [1.29, 1.82) is 0 Å². The van der Waals surface area contributed by atoms with Crippen LogP contribution in [0.2, 0.25) is 0 Å². The molecule has 13 nitrogen and oxygen atoms in total. The molecule has 2 fully saturated rings. The van der Waals surface area contributed by atoms with E-state index in [4.69, 9.17) is 23.7 Å². The molecule has 0 saturated carbocycles. The first kappa shape index (κ1) is 36.7. The average molecular weight is 717 g/mol. The van der Waals surface area contributed by atoms with Crippen molar-refractivity contribution in [2.24, 2.45) is 5.92 Å². The molecule has 0 aromatic heterocycles. The van der Waals surface area contributed by atoms with E-state index in [1.165, 1.54) is 31.4 Å². The molecule has 5 unspecified atom stereocenters. The van der Waals surface area contributed by atoms with E-state index in [2.05, 4.69) is 5.32 Å². The maximum atomic E-state index is 14.1. The number of rotatable bonds is 16. The molecule has 15 heteroatoms. The lowest BCUT2D eigenvalue weighted by molar-refractivity contribution is -0.0907. The zero-order valence-corrected chi connectivity index (χ0v) is 28.7. The van der Waals surface area contributed by atoms with E-state index < -0.39 is 54.8 Å². The fourth-order valence-electron chi connectivity index (χ4n) is 5.76. The van der Waals surface area contributed by atoms with E-state index in [0.717, 1.165) is 21.5 Å². The number of alkyl carbamates (subject to hydrolysis) is 1. The maximum absolute atomic E-state index is 14.1. The zero-order valence-electron chi connectivity index (χ0n) is 26.9. The van der Waals surface area contributed by atoms with Gasteiger partial charge in [0.15, 0.2) is 6.29 Å². The summed E-state index contributed by atoms with van der Waals surface area (Å²) in [6, 6.07) is 23.6. The van der Waals surface area contributed by atoms with Crippen molar-refractivity contribution in [2.45, 2.75) is 48.9 Å². The van der Waals surface area contributed by atoms with E-state index in [1.54, 1.807) is 0 Å². The molecule has 5 rings (SSSR count). The lowest BCUT2D eigenvalue weighted by atomic mass is 10.0. The molecule has 3 aromatic rings. The number of fused-ring (bicyclic) bond motifs is 1. The molecule has 2 heterocycles. The number of carbonyl (C=O) groups is 1. The van der Waals surface area contributed by atoms with E-state index in [0.29, 0.717) is 24.6 Å². The van der Waals surface area contributed by atoms with Crippen LogP contribution in [-0.4, -0.2) is 86.6 Å². The molecule has 0 radical (unpaired) electrons. The summed E-state index contributed by atoms with van der Waals surface area (Å²) in [5.74, 6) is 1.02. The van der Waals surface area contributed by atoms with Crippen molar-refractivity contribution in [1.82, 2.24) is 9.62 Å². The number of methoxy groups -OCH3 is 1. The molecular formula is C34H41N2O11PS. The van der Waals surface area contributed by atoms with Gasteiger partial charge < -0.3 is 38.8 Å². The third-order valence-corrected chi connectivity index (χ3v) is 10.7. The van der Waals surface area contributed by atoms with Crippen molar-refractivity contribution < 1.29 is 51.2 Å². The second kappa shape index (κ2) is 16.9. The lowest BCUT2D eigenvalue weighted by Gasteiger charge is -2.33. The SMILES string of the molecule is COc1ccc(S(=O)(=O)N(CC=CP(=O)(O)O)CC(OCc2ccccc2)C(Cc2ccccc2)NC(=O)OC2COC3OCCC23)cc1. The number of ether oxygens (including phenoxy) is 5. The minimum Gasteiger partial charge on any atom is -0.497 e. The van der Waals surface area contributed by atoms with Crippen LogP contribution in [0.5, 0.6) is 5.75 Å². The van der Waals surface area contributed by atoms with Gasteiger partial charge >= 0.3 is 13.7 Å². The van der Waals surface area contributed by atoms with Crippen LogP contribution >= 0.6 is 7.60 Å². The highest BCUT2D eigenvalue weighted by Crippen LogP contribution is 2.36. The topological polar surface area (TPSA) is 170 Å². The monoisotopic (exact) mass is 716 g/mol. The van der Waals surface area contributed by atoms with E-state index in [1.807, 2.05) is 60.7 Å². The molecule has 1 amide bonds. The van der Waals surface area contributed by atoms with Crippen molar-refractivity contribution in [3.05, 3.63) is 108 Å². The minimum absolute atomic E-state index is 0.0683. The molecule has 5 atom stereocenters. The van der Waals surface area contributed by atoms with Crippen LogP contribution in [0.4, 0.5) is 4.79 Å². The molecule has 264 valence electrons. The second-order valence-electron chi connectivity index (χ2n) is 11.7. The van der Waals surface area contributed by atoms with Gasteiger partial charge in [0.05, 0.1) is 49.9 Å². The second-order valence-corrected chi connectivity index (χ2v) is 15.1. The van der Waals surface area contributed by atoms with Gasteiger partial charge in [-0.3, -0.25) is 4.57 Å². The largest absolute Gasteiger partial charge is 0.497 e. The van der Waals surface area contributed by atoms with Crippen molar-refractivity contribution >= 4 is 23.7 Å². The Bertz CT molecular complexity index is 1690. The Hall–Kier alpha value is -3.59. The number of hydrogen-bond donors (Lipinski definition) is 3. The summed E-state index contributed by atoms with van der Waals surface area (Å²) >= 11 is 0. The fraction of sp³-hybridized carbons (Fsp3) is 0.382. The van der Waals surface area contributed by atoms with Gasteiger partial charge in [-0.1, -0.05) is 66.7 Å². The third-order valence-electron chi connectivity index (χ3n) is 8.29. The Kier molecular flexibility index (Phi) is 12.6. The van der Waals surface area contributed by atoms with Crippen LogP contribution in [0.3, 0.4) is 0 Å². The van der Waals surface area contributed by atoms with Crippen LogP contribution in [0, 0.1) is 5.92 Å². The summed E-state index contributed by atoms with van der Waals surface area (Å²) < 4.78 is 69.5. The summed E-state index contributed by atoms with van der Waals surface area (Å²) in [6.07, 6.45) is -0.576. The summed E-state index contributed by atoms with van der Waals surface area (Å²) in [4.78, 5) is 32.3. The molecule has 0 aliphatic carbocycles. The quantitative estimate of drug-likeness (QED) is 0.183. The van der Waals surface area contributed by atoms with Gasteiger partial charge in [0, 0.05) is 18.9 Å². The molecule has 3 aromatic carbocycles. The van der Waals surface area contributed by atoms with Crippen molar-refractivity contribution in [2.75, 3.05) is 33.4 Å². The number of nitrogens with zero attached hydrogens (tertiary/aromatic N) is 1. The Labute approximate surface area is 286 Å². The summed E-state index contributed by atoms with van der Waals surface area (Å²) in [5, 5.41) is 2.94. The molecule has 2 aliphatic rings. The van der Waals surface area contributed by atoms with Gasteiger partial charge in [-0.15, -0.1) is 0 Å². The number of amides is 1. The van der Waals surface area contributed by atoms with Crippen LogP contribution in [-0.2, 0) is 46.6 Å². The van der Waals surface area contributed by atoms with Crippen LogP contribution < -0.4 is 10.1 Å². The van der Waals surface area contributed by atoms with Gasteiger partial charge in [0.25, 0.3) is 0 Å². The highest BCUT2D eigenvalue weighted by atomic mass is 32.2. The maximum Gasteiger partial charge on any atom is 0.407 e. The lowest BCUT2D eigenvalue weighted by Crippen LogP contribution is -2.52. The van der Waals surface area contributed by atoms with Gasteiger partial charge in [-0.2, -0.15) is 4.31 Å². The molecule has 3 N–H and O–H groups in total. The predicted molar refractivity (Wildman–Crippen MR) is 179 cm³/mol. The van der Waals surface area contributed by atoms with Crippen molar-refractivity contribution in [3.8, 4) is 5.75 Å². The minimum atomic E-state index is -4.59. The molecule has 2 aliphatic heterocycles. The number of hydrogen-bond acceptors (Lipinski definition) is 9. The smallest absolute Gasteiger partial charge is 0.407 e. The molecular weight excluding hydrogens is 675 g/mol. The van der Waals surface area contributed by atoms with E-state index in [9.17, 15) is 27.6 Å². The number of benzene rings is 3. The van der Waals surface area contributed by atoms with Gasteiger partial charge in [-0.25, -0.2) is 13.2 Å². The average Bonchev–Trinajstić information content (AvgIpc) is 3.71. The third kappa shape index (κ3) is 10.5. The van der Waals surface area contributed by atoms with Crippen molar-refractivity contribution in [3.63, 3.8) is 0 Å². The molecule has 49 heavy (non-hydrogen) atoms. The molecule has 2 saturated heterocycles. The predicted octanol–water partition coefficient (Wildman–Crippen LogP) is 4.06. The van der Waals surface area contributed by atoms with Gasteiger partial charge in [-0.05, 0) is 48.2 Å². The Morgan fingerprint density at radius 2 is 1.69 bits per heavy atom. The normalized spacial score (nSPS) is 20.6.